The van der Waals surface area contributed by atoms with Crippen molar-refractivity contribution in [1.82, 2.24) is 9.97 Å². The Morgan fingerprint density at radius 2 is 2.08 bits per heavy atom. The number of furan rings is 1. The first kappa shape index (κ1) is 16.7. The van der Waals surface area contributed by atoms with Crippen LogP contribution >= 0.6 is 0 Å². The first-order chi connectivity index (χ1) is 11.2. The number of hydrogen-bond donors (Lipinski definition) is 3. The predicted molar refractivity (Wildman–Crippen MR) is 91.0 cm³/mol. The van der Waals surface area contributed by atoms with E-state index < -0.39 is 11.3 Å². The molecule has 0 bridgehead atoms. The number of nitrogens with two attached hydrogens (primary N) is 1. The first-order valence-electron chi connectivity index (χ1n) is 8.17. The summed E-state index contributed by atoms with van der Waals surface area (Å²) in [5.41, 5.74) is 5.76. The lowest BCUT2D eigenvalue weighted by Crippen LogP contribution is -2.25. The minimum Gasteiger partial charge on any atom is -0.442 e. The first-order valence-corrected chi connectivity index (χ1v) is 8.17. The van der Waals surface area contributed by atoms with E-state index in [9.17, 15) is 9.90 Å². The van der Waals surface area contributed by atoms with E-state index in [4.69, 9.17) is 10.2 Å². The zero-order valence-corrected chi connectivity index (χ0v) is 14.6. The molecule has 0 saturated heterocycles. The highest BCUT2D eigenvalue weighted by Crippen LogP contribution is 2.41. The van der Waals surface area contributed by atoms with Crippen LogP contribution in [-0.2, 0) is 5.41 Å². The van der Waals surface area contributed by atoms with Gasteiger partial charge in [0.05, 0.1) is 10.9 Å². The lowest BCUT2D eigenvalue weighted by molar-refractivity contribution is 0.1000. The van der Waals surface area contributed by atoms with Gasteiger partial charge in [-0.15, -0.1) is 0 Å². The second-order valence-corrected chi connectivity index (χ2v) is 7.52. The van der Waals surface area contributed by atoms with Gasteiger partial charge in [-0.25, -0.2) is 4.98 Å². The number of fused-ring (bicyclic) bond motifs is 1. The number of carbonyl (C=O) groups excluding carboxylic acids is 1. The average Bonchev–Trinajstić information content (AvgIpc) is 3.07. The molecule has 1 saturated carbocycles. The smallest absolute Gasteiger partial charge is 0.253 e. The Morgan fingerprint density at radius 3 is 2.62 bits per heavy atom. The highest BCUT2D eigenvalue weighted by molar-refractivity contribution is 6.09. The van der Waals surface area contributed by atoms with Crippen molar-refractivity contribution in [2.75, 3.05) is 11.9 Å². The Hall–Kier alpha value is -2.15. The third-order valence-corrected chi connectivity index (χ3v) is 4.74. The van der Waals surface area contributed by atoms with Gasteiger partial charge in [0.1, 0.15) is 17.4 Å². The van der Waals surface area contributed by atoms with Crippen molar-refractivity contribution in [2.24, 2.45) is 5.73 Å². The summed E-state index contributed by atoms with van der Waals surface area (Å²) >= 11 is 0. The van der Waals surface area contributed by atoms with Gasteiger partial charge >= 0.3 is 0 Å². The van der Waals surface area contributed by atoms with Crippen molar-refractivity contribution in [3.8, 4) is 0 Å². The van der Waals surface area contributed by atoms with E-state index in [1.54, 1.807) is 6.92 Å². The van der Waals surface area contributed by atoms with Crippen molar-refractivity contribution in [1.29, 1.82) is 0 Å². The van der Waals surface area contributed by atoms with Crippen LogP contribution in [0.3, 0.4) is 0 Å². The van der Waals surface area contributed by atoms with E-state index in [-0.39, 0.29) is 12.1 Å². The highest BCUT2D eigenvalue weighted by atomic mass is 16.3. The van der Waals surface area contributed by atoms with E-state index in [1.807, 2.05) is 13.8 Å². The number of aryl methyl sites for hydroxylation is 1. The molecular formula is C17H24N4O3. The molecule has 2 aromatic heterocycles. The van der Waals surface area contributed by atoms with Gasteiger partial charge in [0, 0.05) is 17.6 Å². The van der Waals surface area contributed by atoms with Crippen LogP contribution in [0.4, 0.5) is 5.82 Å². The van der Waals surface area contributed by atoms with Gasteiger partial charge < -0.3 is 20.6 Å². The van der Waals surface area contributed by atoms with Gasteiger partial charge in [0.25, 0.3) is 5.91 Å². The third kappa shape index (κ3) is 2.84. The summed E-state index contributed by atoms with van der Waals surface area (Å²) in [5.74, 6) is 1.03. The monoisotopic (exact) mass is 332 g/mol. The van der Waals surface area contributed by atoms with Crippen molar-refractivity contribution in [3.63, 3.8) is 0 Å². The molecule has 3 rings (SSSR count). The predicted octanol–water partition coefficient (Wildman–Crippen LogP) is 2.25. The highest BCUT2D eigenvalue weighted by Gasteiger charge is 2.39. The molecule has 7 heteroatoms. The number of nitrogens with one attached hydrogen (secondary N) is 1. The second-order valence-electron chi connectivity index (χ2n) is 7.52. The van der Waals surface area contributed by atoms with Gasteiger partial charge in [-0.05, 0) is 33.1 Å². The molecule has 7 nitrogen and oxygen atoms in total. The van der Waals surface area contributed by atoms with Crippen LogP contribution in [0.5, 0.6) is 0 Å². The second kappa shape index (κ2) is 5.44. The van der Waals surface area contributed by atoms with Crippen LogP contribution in [0, 0.1) is 6.92 Å². The summed E-state index contributed by atoms with van der Waals surface area (Å²) in [4.78, 5) is 21.0. The van der Waals surface area contributed by atoms with E-state index in [1.165, 1.54) is 0 Å². The quantitative estimate of drug-likeness (QED) is 0.747. The Kier molecular flexibility index (Phi) is 3.79. The number of primary amides is 1. The fourth-order valence-electron chi connectivity index (χ4n) is 2.79. The van der Waals surface area contributed by atoms with Gasteiger partial charge in [0.15, 0.2) is 0 Å². The maximum atomic E-state index is 11.9. The SMILES string of the molecule is Cc1oc2nc(C(C)(C)CCO)nc(NC3(C)CC3)c2c1C(N)=O. The maximum absolute atomic E-state index is 11.9. The molecule has 2 aromatic rings. The molecule has 0 aliphatic heterocycles. The molecule has 1 amide bonds. The number of amides is 1. The number of nitrogens with zero attached hydrogens (tertiary/aromatic N) is 2. The molecule has 24 heavy (non-hydrogen) atoms. The molecule has 130 valence electrons. The molecule has 2 heterocycles. The standard InChI is InChI=1S/C17H24N4O3/c1-9-10(12(18)23)11-13(21-17(4)5-6-17)19-15(20-14(11)24-9)16(2,3)7-8-22/h22H,5-8H2,1-4H3,(H2,18,23)(H,19,20,21). The summed E-state index contributed by atoms with van der Waals surface area (Å²) in [6.45, 7) is 7.79. The van der Waals surface area contributed by atoms with Gasteiger partial charge in [-0.1, -0.05) is 13.8 Å². The maximum Gasteiger partial charge on any atom is 0.253 e. The zero-order chi connectivity index (χ0) is 17.7. The Morgan fingerprint density at radius 1 is 1.42 bits per heavy atom. The van der Waals surface area contributed by atoms with Gasteiger partial charge in [-0.2, -0.15) is 4.98 Å². The number of aliphatic hydroxyl groups is 1. The van der Waals surface area contributed by atoms with Crippen LogP contribution in [0.1, 0.15) is 62.0 Å². The lowest BCUT2D eigenvalue weighted by atomic mass is 9.88. The molecule has 0 unspecified atom stereocenters. The summed E-state index contributed by atoms with van der Waals surface area (Å²) in [7, 11) is 0. The fourth-order valence-corrected chi connectivity index (χ4v) is 2.79. The van der Waals surface area contributed by atoms with Gasteiger partial charge in [-0.3, -0.25) is 4.79 Å². The normalized spacial score (nSPS) is 16.4. The molecule has 1 aliphatic carbocycles. The van der Waals surface area contributed by atoms with Crippen LogP contribution in [0.15, 0.2) is 4.42 Å². The molecule has 4 N–H and O–H groups in total. The van der Waals surface area contributed by atoms with Crippen LogP contribution in [0.2, 0.25) is 0 Å². The lowest BCUT2D eigenvalue weighted by Gasteiger charge is -2.23. The molecule has 0 spiro atoms. The van der Waals surface area contributed by atoms with Crippen LogP contribution in [-0.4, -0.2) is 33.1 Å². The minimum atomic E-state index is -0.554. The summed E-state index contributed by atoms with van der Waals surface area (Å²) in [6.07, 6.45) is 2.60. The Labute approximate surface area is 140 Å². The average molecular weight is 332 g/mol. The summed E-state index contributed by atoms with van der Waals surface area (Å²) < 4.78 is 5.70. The van der Waals surface area contributed by atoms with E-state index in [0.717, 1.165) is 12.8 Å². The zero-order valence-electron chi connectivity index (χ0n) is 14.6. The van der Waals surface area contributed by atoms with Crippen molar-refractivity contribution in [3.05, 3.63) is 17.1 Å². The minimum absolute atomic E-state index is 0.0280. The van der Waals surface area contributed by atoms with Crippen molar-refractivity contribution < 1.29 is 14.3 Å². The molecule has 0 atom stereocenters. The molecule has 1 aliphatic rings. The number of aromatic nitrogens is 2. The van der Waals surface area contributed by atoms with E-state index in [0.29, 0.717) is 40.5 Å². The number of anilines is 1. The van der Waals surface area contributed by atoms with Crippen LogP contribution in [0.25, 0.3) is 11.1 Å². The topological polar surface area (TPSA) is 114 Å². The Balaban J connectivity index is 2.23. The molecule has 1 fully saturated rings. The number of carbonyl (C=O) groups is 1. The number of hydrogen-bond acceptors (Lipinski definition) is 6. The summed E-state index contributed by atoms with van der Waals surface area (Å²) in [6, 6.07) is 0. The van der Waals surface area contributed by atoms with E-state index in [2.05, 4.69) is 22.2 Å². The van der Waals surface area contributed by atoms with Crippen molar-refractivity contribution >= 4 is 22.8 Å². The Bertz CT molecular complexity index is 806. The number of aliphatic hydroxyl groups excluding tert-OH is 1. The fraction of sp³-hybridized carbons (Fsp3) is 0.588. The molecule has 0 radical (unpaired) electrons. The third-order valence-electron chi connectivity index (χ3n) is 4.74. The van der Waals surface area contributed by atoms with Crippen molar-refractivity contribution in [2.45, 2.75) is 57.9 Å². The van der Waals surface area contributed by atoms with Crippen LogP contribution < -0.4 is 11.1 Å². The van der Waals surface area contributed by atoms with E-state index >= 15 is 0 Å². The largest absolute Gasteiger partial charge is 0.442 e. The molecular weight excluding hydrogens is 308 g/mol. The van der Waals surface area contributed by atoms with Gasteiger partial charge in [0.2, 0.25) is 5.71 Å². The summed E-state index contributed by atoms with van der Waals surface area (Å²) in [5, 5.41) is 13.3. The number of rotatable bonds is 6. The molecule has 0 aromatic carbocycles.